The summed E-state index contributed by atoms with van der Waals surface area (Å²) in [7, 11) is 0. The van der Waals surface area contributed by atoms with Crippen LogP contribution in [0.3, 0.4) is 0 Å². The molecule has 0 aromatic heterocycles. The monoisotopic (exact) mass is 184 g/mol. The number of allylic oxidation sites excluding steroid dienone is 1. The predicted molar refractivity (Wildman–Crippen MR) is 55.1 cm³/mol. The molecule has 1 nitrogen and oxygen atoms in total. The number of benzene rings is 1. The lowest BCUT2D eigenvalue weighted by Crippen LogP contribution is -2.38. The number of ketones is 1. The molecule has 0 spiro atoms. The third kappa shape index (κ3) is 0.872. The molecule has 0 bridgehead atoms. The molecular weight excluding hydrogens is 172 g/mol. The van der Waals surface area contributed by atoms with Gasteiger partial charge in [0.05, 0.1) is 0 Å². The summed E-state index contributed by atoms with van der Waals surface area (Å²) < 4.78 is 0. The van der Waals surface area contributed by atoms with Crippen molar-refractivity contribution in [1.29, 1.82) is 0 Å². The van der Waals surface area contributed by atoms with Gasteiger partial charge in [-0.2, -0.15) is 0 Å². The van der Waals surface area contributed by atoms with Crippen molar-refractivity contribution in [3.8, 4) is 0 Å². The van der Waals surface area contributed by atoms with Gasteiger partial charge in [-0.15, -0.1) is 0 Å². The van der Waals surface area contributed by atoms with Gasteiger partial charge >= 0.3 is 0 Å². The molecule has 0 saturated heterocycles. The zero-order chi connectivity index (χ0) is 9.71. The van der Waals surface area contributed by atoms with E-state index in [1.165, 1.54) is 11.1 Å². The van der Waals surface area contributed by atoms with Gasteiger partial charge in [0, 0.05) is 18.3 Å². The van der Waals surface area contributed by atoms with Crippen molar-refractivity contribution in [1.82, 2.24) is 0 Å². The maximum Gasteiger partial charge on any atom is 0.144 e. The highest BCUT2D eigenvalue weighted by molar-refractivity contribution is 5.90. The van der Waals surface area contributed by atoms with Gasteiger partial charge in [-0.1, -0.05) is 36.4 Å². The van der Waals surface area contributed by atoms with Crippen LogP contribution in [0.1, 0.15) is 23.5 Å². The highest BCUT2D eigenvalue weighted by Gasteiger charge is 2.44. The van der Waals surface area contributed by atoms with Crippen LogP contribution in [-0.4, -0.2) is 5.78 Å². The van der Waals surface area contributed by atoms with Crippen LogP contribution in [0.2, 0.25) is 0 Å². The summed E-state index contributed by atoms with van der Waals surface area (Å²) in [5.74, 6) is 0.954. The average molecular weight is 184 g/mol. The standard InChI is InChI=1S/C13H12O/c1-8-6-11-10-5-3-2-4-9(10)7-12(14)13(8)11/h2-5,11,13H,1,6-7H2/t11-,13-/m0/s1. The van der Waals surface area contributed by atoms with Gasteiger partial charge < -0.3 is 0 Å². The molecule has 0 N–H and O–H groups in total. The number of hydrogen-bond acceptors (Lipinski definition) is 1. The highest BCUT2D eigenvalue weighted by Crippen LogP contribution is 2.50. The zero-order valence-electron chi connectivity index (χ0n) is 7.99. The first-order chi connectivity index (χ1) is 6.77. The number of fused-ring (bicyclic) bond motifs is 3. The van der Waals surface area contributed by atoms with Crippen LogP contribution in [0.25, 0.3) is 0 Å². The van der Waals surface area contributed by atoms with Gasteiger partial charge in [0.1, 0.15) is 5.78 Å². The van der Waals surface area contributed by atoms with Crippen molar-refractivity contribution in [3.63, 3.8) is 0 Å². The van der Waals surface area contributed by atoms with Crippen LogP contribution < -0.4 is 0 Å². The van der Waals surface area contributed by atoms with Crippen molar-refractivity contribution in [3.05, 3.63) is 47.5 Å². The van der Waals surface area contributed by atoms with E-state index < -0.39 is 0 Å². The molecule has 0 unspecified atom stereocenters. The largest absolute Gasteiger partial charge is 0.299 e. The van der Waals surface area contributed by atoms with Crippen LogP contribution in [0.5, 0.6) is 0 Å². The smallest absolute Gasteiger partial charge is 0.144 e. The fourth-order valence-electron chi connectivity index (χ4n) is 2.75. The van der Waals surface area contributed by atoms with Gasteiger partial charge in [0.25, 0.3) is 0 Å². The maximum atomic E-state index is 11.8. The first-order valence-corrected chi connectivity index (χ1v) is 5.05. The Balaban J connectivity index is 2.11. The molecule has 2 atom stereocenters. The molecule has 0 aliphatic heterocycles. The molecule has 0 amide bonds. The molecule has 1 aromatic rings. The van der Waals surface area contributed by atoms with Crippen LogP contribution in [-0.2, 0) is 11.2 Å². The Labute approximate surface area is 83.4 Å². The maximum absolute atomic E-state index is 11.8. The van der Waals surface area contributed by atoms with Crippen molar-refractivity contribution >= 4 is 5.78 Å². The van der Waals surface area contributed by atoms with Crippen LogP contribution in [0, 0.1) is 5.92 Å². The summed E-state index contributed by atoms with van der Waals surface area (Å²) in [5.41, 5.74) is 3.74. The molecule has 1 aromatic carbocycles. The molecule has 3 rings (SSSR count). The second kappa shape index (κ2) is 2.57. The van der Waals surface area contributed by atoms with E-state index in [9.17, 15) is 4.79 Å². The summed E-state index contributed by atoms with van der Waals surface area (Å²) in [6.45, 7) is 3.95. The summed E-state index contributed by atoms with van der Waals surface area (Å²) >= 11 is 0. The van der Waals surface area contributed by atoms with Crippen molar-refractivity contribution in [2.75, 3.05) is 0 Å². The van der Waals surface area contributed by atoms with Crippen LogP contribution in [0.15, 0.2) is 36.4 Å². The van der Waals surface area contributed by atoms with Gasteiger partial charge in [-0.25, -0.2) is 0 Å². The van der Waals surface area contributed by atoms with E-state index >= 15 is 0 Å². The first-order valence-electron chi connectivity index (χ1n) is 5.05. The second-order valence-corrected chi connectivity index (χ2v) is 4.29. The lowest BCUT2D eigenvalue weighted by molar-refractivity contribution is -0.123. The van der Waals surface area contributed by atoms with Crippen molar-refractivity contribution in [2.45, 2.75) is 18.8 Å². The number of Topliss-reactive ketones (excluding diaryl/α,β-unsaturated/α-hetero) is 1. The SMILES string of the molecule is C=C1C[C@H]2c3ccccc3CC(=O)[C@@H]12. The summed E-state index contributed by atoms with van der Waals surface area (Å²) in [6, 6.07) is 8.31. The molecule has 70 valence electrons. The number of carbonyl (C=O) groups is 1. The average Bonchev–Trinajstić information content (AvgIpc) is 2.14. The Kier molecular flexibility index (Phi) is 1.46. The molecule has 2 aliphatic rings. The van der Waals surface area contributed by atoms with Crippen LogP contribution in [0.4, 0.5) is 0 Å². The Morgan fingerprint density at radius 2 is 2.07 bits per heavy atom. The fraction of sp³-hybridized carbons (Fsp3) is 0.308. The van der Waals surface area contributed by atoms with E-state index in [0.717, 1.165) is 12.0 Å². The Morgan fingerprint density at radius 3 is 2.86 bits per heavy atom. The summed E-state index contributed by atoms with van der Waals surface area (Å²) in [4.78, 5) is 11.8. The predicted octanol–water partition coefficient (Wildman–Crippen LogP) is 2.47. The third-order valence-corrected chi connectivity index (χ3v) is 3.49. The second-order valence-electron chi connectivity index (χ2n) is 4.29. The van der Waals surface area contributed by atoms with E-state index in [4.69, 9.17) is 0 Å². The van der Waals surface area contributed by atoms with Crippen molar-refractivity contribution in [2.24, 2.45) is 5.92 Å². The lowest BCUT2D eigenvalue weighted by atomic mass is 9.60. The number of rotatable bonds is 0. The van der Waals surface area contributed by atoms with Gasteiger partial charge in [0.15, 0.2) is 0 Å². The minimum Gasteiger partial charge on any atom is -0.299 e. The Hall–Kier alpha value is -1.37. The lowest BCUT2D eigenvalue weighted by Gasteiger charge is -2.42. The minimum absolute atomic E-state index is 0.143. The Morgan fingerprint density at radius 1 is 1.29 bits per heavy atom. The topological polar surface area (TPSA) is 17.1 Å². The molecule has 14 heavy (non-hydrogen) atoms. The molecule has 2 aliphatic carbocycles. The van der Waals surface area contributed by atoms with E-state index in [1.807, 2.05) is 6.07 Å². The fourth-order valence-corrected chi connectivity index (χ4v) is 2.75. The van der Waals surface area contributed by atoms with Gasteiger partial charge in [-0.3, -0.25) is 4.79 Å². The molecule has 0 heterocycles. The van der Waals surface area contributed by atoms with E-state index in [0.29, 0.717) is 18.1 Å². The summed E-state index contributed by atoms with van der Waals surface area (Å²) in [5, 5.41) is 0. The molecule has 1 saturated carbocycles. The van der Waals surface area contributed by atoms with E-state index in [2.05, 4.69) is 24.8 Å². The quantitative estimate of drug-likeness (QED) is 0.566. The molecular formula is C13H12O. The van der Waals surface area contributed by atoms with E-state index in [-0.39, 0.29) is 5.92 Å². The highest BCUT2D eigenvalue weighted by atomic mass is 16.1. The molecule has 0 radical (unpaired) electrons. The van der Waals surface area contributed by atoms with Crippen molar-refractivity contribution < 1.29 is 4.79 Å². The first kappa shape index (κ1) is 7.98. The van der Waals surface area contributed by atoms with Crippen LogP contribution >= 0.6 is 0 Å². The van der Waals surface area contributed by atoms with E-state index in [1.54, 1.807) is 0 Å². The minimum atomic E-state index is 0.143. The molecule has 1 fully saturated rings. The summed E-state index contributed by atoms with van der Waals surface area (Å²) in [6.07, 6.45) is 1.61. The van der Waals surface area contributed by atoms with Gasteiger partial charge in [0.2, 0.25) is 0 Å². The molecule has 1 heteroatoms. The number of carbonyl (C=O) groups excluding carboxylic acids is 1. The third-order valence-electron chi connectivity index (χ3n) is 3.49. The Bertz CT molecular complexity index is 431. The number of hydrogen-bond donors (Lipinski definition) is 0. The zero-order valence-corrected chi connectivity index (χ0v) is 7.99. The van der Waals surface area contributed by atoms with Gasteiger partial charge in [-0.05, 0) is 17.5 Å². The normalized spacial score (nSPS) is 29.1.